The Morgan fingerprint density at radius 2 is 2.09 bits per heavy atom. The molecule has 0 bridgehead atoms. The van der Waals surface area contributed by atoms with Crippen molar-refractivity contribution in [2.75, 3.05) is 0 Å². The second-order valence-corrected chi connectivity index (χ2v) is 7.47. The van der Waals surface area contributed by atoms with Crippen LogP contribution >= 0.6 is 0 Å². The molecule has 1 unspecified atom stereocenters. The van der Waals surface area contributed by atoms with Gasteiger partial charge in [0, 0.05) is 0 Å². The molecule has 0 aromatic rings. The van der Waals surface area contributed by atoms with Crippen molar-refractivity contribution in [2.24, 2.45) is 5.92 Å². The lowest BCUT2D eigenvalue weighted by Gasteiger charge is -2.37. The number of aliphatic hydroxyl groups excluding tert-OH is 1. The average Bonchev–Trinajstić information content (AvgIpc) is 2.37. The summed E-state index contributed by atoms with van der Waals surface area (Å²) in [7, 11) is 0. The number of aliphatic hydroxyl groups is 1. The first-order valence-corrected chi connectivity index (χ1v) is 8.53. The summed E-state index contributed by atoms with van der Waals surface area (Å²) < 4.78 is 5.95. The molecule has 0 aliphatic heterocycles. The Kier molecular flexibility index (Phi) is 7.58. The molecule has 1 aliphatic rings. The first-order chi connectivity index (χ1) is 10.2. The molecular formula is C20H34O2. The second kappa shape index (κ2) is 8.69. The van der Waals surface area contributed by atoms with Gasteiger partial charge in [-0.1, -0.05) is 28.9 Å². The smallest absolute Gasteiger partial charge is 0.175 e. The summed E-state index contributed by atoms with van der Waals surface area (Å²) in [6, 6.07) is 0. The van der Waals surface area contributed by atoms with E-state index in [0.29, 0.717) is 5.92 Å². The van der Waals surface area contributed by atoms with Crippen LogP contribution in [0.5, 0.6) is 0 Å². The standard InChI is InChI=1S/C20H34O2/c1-15(2)8-7-9-17(4)14-19(21)22-20(5,6)18-12-10-16(3)11-13-18/h8,10,14,18-19,21H,7,9,11-13H2,1-6H3/b17-14-/t18-,19?/m0/s1. The Labute approximate surface area is 137 Å². The van der Waals surface area contributed by atoms with E-state index in [1.807, 2.05) is 6.08 Å². The third-order valence-electron chi connectivity index (χ3n) is 4.56. The van der Waals surface area contributed by atoms with Crippen LogP contribution in [0.2, 0.25) is 0 Å². The number of ether oxygens (including phenoxy) is 1. The van der Waals surface area contributed by atoms with Crippen LogP contribution in [0.4, 0.5) is 0 Å². The van der Waals surface area contributed by atoms with Gasteiger partial charge in [-0.3, -0.25) is 0 Å². The van der Waals surface area contributed by atoms with E-state index in [4.69, 9.17) is 4.74 Å². The van der Waals surface area contributed by atoms with Crippen molar-refractivity contribution in [1.29, 1.82) is 0 Å². The minimum atomic E-state index is -0.811. The van der Waals surface area contributed by atoms with Crippen molar-refractivity contribution in [1.82, 2.24) is 0 Å². The fraction of sp³-hybridized carbons (Fsp3) is 0.700. The molecule has 0 aromatic heterocycles. The van der Waals surface area contributed by atoms with E-state index < -0.39 is 6.29 Å². The number of allylic oxidation sites excluding steroid dienone is 5. The highest BCUT2D eigenvalue weighted by Crippen LogP contribution is 2.34. The molecule has 0 amide bonds. The van der Waals surface area contributed by atoms with E-state index in [1.165, 1.54) is 16.7 Å². The summed E-state index contributed by atoms with van der Waals surface area (Å²) in [4.78, 5) is 0. The van der Waals surface area contributed by atoms with Gasteiger partial charge in [-0.2, -0.15) is 0 Å². The third-order valence-corrected chi connectivity index (χ3v) is 4.56. The molecule has 0 saturated carbocycles. The van der Waals surface area contributed by atoms with E-state index in [9.17, 15) is 5.11 Å². The largest absolute Gasteiger partial charge is 0.365 e. The Bertz CT molecular complexity index is 437. The maximum atomic E-state index is 10.2. The van der Waals surface area contributed by atoms with E-state index in [2.05, 4.69) is 53.7 Å². The van der Waals surface area contributed by atoms with E-state index in [-0.39, 0.29) is 5.60 Å². The molecule has 0 heterocycles. The minimum absolute atomic E-state index is 0.298. The maximum Gasteiger partial charge on any atom is 0.175 e. The van der Waals surface area contributed by atoms with Gasteiger partial charge in [0.1, 0.15) is 0 Å². The lowest BCUT2D eigenvalue weighted by Crippen LogP contribution is -2.38. The highest BCUT2D eigenvalue weighted by molar-refractivity contribution is 5.06. The first-order valence-electron chi connectivity index (χ1n) is 8.53. The minimum Gasteiger partial charge on any atom is -0.365 e. The monoisotopic (exact) mass is 306 g/mol. The summed E-state index contributed by atoms with van der Waals surface area (Å²) >= 11 is 0. The molecular weight excluding hydrogens is 272 g/mol. The number of rotatable bonds is 7. The topological polar surface area (TPSA) is 29.5 Å². The van der Waals surface area contributed by atoms with Gasteiger partial charge in [-0.25, -0.2) is 0 Å². The van der Waals surface area contributed by atoms with Gasteiger partial charge < -0.3 is 9.84 Å². The maximum absolute atomic E-state index is 10.2. The van der Waals surface area contributed by atoms with E-state index >= 15 is 0 Å². The molecule has 1 rings (SSSR count). The third kappa shape index (κ3) is 6.93. The molecule has 2 nitrogen and oxygen atoms in total. The fourth-order valence-electron chi connectivity index (χ4n) is 2.95. The van der Waals surface area contributed by atoms with Crippen LogP contribution in [-0.4, -0.2) is 17.0 Å². The quantitative estimate of drug-likeness (QED) is 0.494. The van der Waals surface area contributed by atoms with Gasteiger partial charge in [0.2, 0.25) is 0 Å². The Morgan fingerprint density at radius 3 is 2.64 bits per heavy atom. The van der Waals surface area contributed by atoms with Crippen molar-refractivity contribution < 1.29 is 9.84 Å². The Hall–Kier alpha value is -0.860. The molecule has 1 N–H and O–H groups in total. The van der Waals surface area contributed by atoms with Gasteiger partial charge in [0.15, 0.2) is 6.29 Å². The molecule has 126 valence electrons. The zero-order valence-corrected chi connectivity index (χ0v) is 15.3. The van der Waals surface area contributed by atoms with Crippen molar-refractivity contribution in [3.63, 3.8) is 0 Å². The SMILES string of the molecule is CC(C)=CCC/C(C)=C\C(O)OC(C)(C)[C@H]1CC=C(C)CC1. The fourth-order valence-corrected chi connectivity index (χ4v) is 2.95. The predicted molar refractivity (Wildman–Crippen MR) is 94.7 cm³/mol. The highest BCUT2D eigenvalue weighted by atomic mass is 16.6. The molecule has 0 saturated heterocycles. The van der Waals surface area contributed by atoms with Gasteiger partial charge in [0.05, 0.1) is 5.60 Å². The second-order valence-electron chi connectivity index (χ2n) is 7.47. The number of hydrogen-bond acceptors (Lipinski definition) is 2. The Balaban J connectivity index is 2.51. The van der Waals surface area contributed by atoms with Gasteiger partial charge in [-0.05, 0) is 85.6 Å². The zero-order valence-electron chi connectivity index (χ0n) is 15.3. The lowest BCUT2D eigenvalue weighted by molar-refractivity contribution is -0.169. The first kappa shape index (κ1) is 19.2. The van der Waals surface area contributed by atoms with Gasteiger partial charge in [-0.15, -0.1) is 0 Å². The van der Waals surface area contributed by atoms with Crippen molar-refractivity contribution in [3.8, 4) is 0 Å². The average molecular weight is 306 g/mol. The van der Waals surface area contributed by atoms with Gasteiger partial charge >= 0.3 is 0 Å². The molecule has 2 atom stereocenters. The van der Waals surface area contributed by atoms with Crippen LogP contribution in [-0.2, 0) is 4.74 Å². The molecule has 1 aliphatic carbocycles. The summed E-state index contributed by atoms with van der Waals surface area (Å²) in [6.45, 7) is 12.7. The van der Waals surface area contributed by atoms with Crippen LogP contribution in [0, 0.1) is 5.92 Å². The van der Waals surface area contributed by atoms with Crippen LogP contribution in [0.25, 0.3) is 0 Å². The summed E-state index contributed by atoms with van der Waals surface area (Å²) in [5.41, 5.74) is 3.70. The van der Waals surface area contributed by atoms with Crippen molar-refractivity contribution >= 4 is 0 Å². The molecule has 0 fully saturated rings. The van der Waals surface area contributed by atoms with Crippen LogP contribution < -0.4 is 0 Å². The molecule has 0 radical (unpaired) electrons. The van der Waals surface area contributed by atoms with E-state index in [1.54, 1.807) is 0 Å². The summed E-state index contributed by atoms with van der Waals surface area (Å²) in [5.74, 6) is 0.477. The normalized spacial score (nSPS) is 21.3. The number of hydrogen-bond donors (Lipinski definition) is 1. The van der Waals surface area contributed by atoms with Crippen LogP contribution in [0.3, 0.4) is 0 Å². The lowest BCUT2D eigenvalue weighted by atomic mass is 9.79. The molecule has 0 aromatic carbocycles. The van der Waals surface area contributed by atoms with Crippen LogP contribution in [0.1, 0.15) is 73.6 Å². The molecule has 0 spiro atoms. The zero-order chi connectivity index (χ0) is 16.8. The molecule has 22 heavy (non-hydrogen) atoms. The summed E-state index contributed by atoms with van der Waals surface area (Å²) in [6.07, 6.45) is 10.9. The van der Waals surface area contributed by atoms with Gasteiger partial charge in [0.25, 0.3) is 0 Å². The summed E-state index contributed by atoms with van der Waals surface area (Å²) in [5, 5.41) is 10.2. The molecule has 2 heteroatoms. The van der Waals surface area contributed by atoms with Crippen molar-refractivity contribution in [2.45, 2.75) is 85.5 Å². The predicted octanol–water partition coefficient (Wildman–Crippen LogP) is 5.54. The van der Waals surface area contributed by atoms with Crippen molar-refractivity contribution in [3.05, 3.63) is 34.9 Å². The van der Waals surface area contributed by atoms with E-state index in [0.717, 1.165) is 32.1 Å². The van der Waals surface area contributed by atoms with Crippen LogP contribution in [0.15, 0.2) is 34.9 Å². The Morgan fingerprint density at radius 1 is 1.41 bits per heavy atom. The highest BCUT2D eigenvalue weighted by Gasteiger charge is 2.32.